The van der Waals surface area contributed by atoms with Crippen molar-refractivity contribution >= 4 is 21.8 Å². The van der Waals surface area contributed by atoms with Gasteiger partial charge in [0.2, 0.25) is 0 Å². The Hall–Kier alpha value is -3.47. The monoisotopic (exact) mass is 443 g/mol. The Morgan fingerprint density at radius 1 is 0.903 bits per heavy atom. The van der Waals surface area contributed by atoms with Crippen molar-refractivity contribution < 1.29 is 27.3 Å². The van der Waals surface area contributed by atoms with E-state index in [1.807, 2.05) is 4.89 Å². The normalized spacial score (nSPS) is 11.1. The smallest absolute Gasteiger partial charge is 0.262 e. The maximum atomic E-state index is 12.4. The molecule has 0 spiro atoms. The van der Waals surface area contributed by atoms with E-state index in [2.05, 4.69) is 15.5 Å². The van der Waals surface area contributed by atoms with Crippen LogP contribution in [0.3, 0.4) is 0 Å². The highest BCUT2D eigenvalue weighted by Gasteiger charge is 2.14. The fourth-order valence-electron chi connectivity index (χ4n) is 2.73. The van der Waals surface area contributed by atoms with Gasteiger partial charge in [0.25, 0.3) is 21.8 Å². The quantitative estimate of drug-likeness (QED) is 0.434. The molecule has 3 aromatic rings. The van der Waals surface area contributed by atoms with Gasteiger partial charge in [-0.15, -0.1) is 0 Å². The molecular weight excluding hydrogens is 422 g/mol. The predicted octanol–water partition coefficient (Wildman–Crippen LogP) is 1.98. The summed E-state index contributed by atoms with van der Waals surface area (Å²) in [7, 11) is -2.60. The zero-order valence-corrected chi connectivity index (χ0v) is 17.4. The molecule has 0 radical (unpaired) electrons. The molecule has 3 rings (SSSR count). The van der Waals surface area contributed by atoms with Crippen LogP contribution in [-0.2, 0) is 28.0 Å². The lowest BCUT2D eigenvalue weighted by atomic mass is 10.1. The minimum absolute atomic E-state index is 0.0286. The highest BCUT2D eigenvalue weighted by atomic mass is 32.2. The van der Waals surface area contributed by atoms with Crippen LogP contribution in [0.2, 0.25) is 0 Å². The van der Waals surface area contributed by atoms with Gasteiger partial charge in [0, 0.05) is 17.7 Å². The molecule has 0 atom stereocenters. The molecular formula is C21H21N3O6S. The zero-order valence-electron chi connectivity index (χ0n) is 16.6. The first-order chi connectivity index (χ1) is 14.9. The second-order valence-electron chi connectivity index (χ2n) is 6.46. The van der Waals surface area contributed by atoms with Crippen molar-refractivity contribution in [3.05, 3.63) is 89.4 Å². The Morgan fingerprint density at radius 2 is 1.61 bits per heavy atom. The molecule has 31 heavy (non-hydrogen) atoms. The lowest BCUT2D eigenvalue weighted by Crippen LogP contribution is -2.25. The summed E-state index contributed by atoms with van der Waals surface area (Å²) in [5.74, 6) is 0.0101. The van der Waals surface area contributed by atoms with Crippen molar-refractivity contribution in [2.45, 2.75) is 18.0 Å². The number of carbonyl (C=O) groups is 2. The van der Waals surface area contributed by atoms with E-state index in [-0.39, 0.29) is 29.8 Å². The minimum Gasteiger partial charge on any atom is -0.467 e. The van der Waals surface area contributed by atoms with Gasteiger partial charge in [0.05, 0.1) is 24.8 Å². The van der Waals surface area contributed by atoms with E-state index < -0.39 is 10.0 Å². The van der Waals surface area contributed by atoms with E-state index in [9.17, 15) is 18.0 Å². The molecule has 0 aliphatic carbocycles. The molecule has 10 heteroatoms. The summed E-state index contributed by atoms with van der Waals surface area (Å²) < 4.78 is 28.9. The van der Waals surface area contributed by atoms with Crippen LogP contribution in [0, 0.1) is 0 Å². The van der Waals surface area contributed by atoms with Gasteiger partial charge in [-0.25, -0.2) is 8.42 Å². The molecule has 0 unspecified atom stereocenters. The Labute approximate surface area is 179 Å². The van der Waals surface area contributed by atoms with E-state index in [1.165, 1.54) is 37.6 Å². The van der Waals surface area contributed by atoms with Crippen molar-refractivity contribution in [2.75, 3.05) is 7.11 Å². The van der Waals surface area contributed by atoms with Crippen molar-refractivity contribution in [1.82, 2.24) is 15.5 Å². The number of sulfonamides is 1. The number of benzene rings is 2. The second kappa shape index (κ2) is 10.0. The third-order valence-corrected chi connectivity index (χ3v) is 5.54. The van der Waals surface area contributed by atoms with Gasteiger partial charge in [-0.2, -0.15) is 0 Å². The molecule has 0 saturated carbocycles. The van der Waals surface area contributed by atoms with Gasteiger partial charge < -0.3 is 15.1 Å². The molecule has 0 fully saturated rings. The van der Waals surface area contributed by atoms with E-state index in [1.54, 1.807) is 36.4 Å². The number of nitrogens with one attached hydrogen (secondary N) is 3. The van der Waals surface area contributed by atoms with E-state index >= 15 is 0 Å². The first kappa shape index (κ1) is 22.2. The molecule has 0 saturated heterocycles. The van der Waals surface area contributed by atoms with Crippen LogP contribution in [0.1, 0.15) is 32.0 Å². The molecule has 2 aromatic carbocycles. The van der Waals surface area contributed by atoms with Crippen molar-refractivity contribution in [3.63, 3.8) is 0 Å². The van der Waals surface area contributed by atoms with E-state index in [0.29, 0.717) is 16.9 Å². The minimum atomic E-state index is -3.79. The van der Waals surface area contributed by atoms with Gasteiger partial charge in [0.1, 0.15) is 5.76 Å². The highest BCUT2D eigenvalue weighted by Crippen LogP contribution is 2.11. The average Bonchev–Trinajstić information content (AvgIpc) is 3.30. The summed E-state index contributed by atoms with van der Waals surface area (Å²) in [5.41, 5.74) is 1.49. The Balaban J connectivity index is 1.57. The fraction of sp³-hybridized carbons (Fsp3) is 0.143. The van der Waals surface area contributed by atoms with Crippen molar-refractivity contribution in [3.8, 4) is 0 Å². The zero-order chi connectivity index (χ0) is 22.3. The number of hydrogen-bond acceptors (Lipinski definition) is 6. The van der Waals surface area contributed by atoms with Gasteiger partial charge in [0.15, 0.2) is 0 Å². The fourth-order valence-corrected chi connectivity index (χ4v) is 3.54. The standard InChI is InChI=1S/C21H21N3O6S/c1-29-24-31(27,28)19-9-7-16(8-10-19)20(25)22-13-15-4-2-5-17(12-15)21(26)23-14-18-6-3-11-30-18/h2-12,24H,13-14H2,1H3,(H,22,25)(H,23,26). The maximum absolute atomic E-state index is 12.4. The lowest BCUT2D eigenvalue weighted by molar-refractivity contribution is 0.0943. The van der Waals surface area contributed by atoms with Gasteiger partial charge in [-0.05, 0) is 54.1 Å². The first-order valence-corrected chi connectivity index (χ1v) is 10.7. The number of rotatable bonds is 9. The van der Waals surface area contributed by atoms with Crippen LogP contribution in [-0.4, -0.2) is 27.3 Å². The summed E-state index contributed by atoms with van der Waals surface area (Å²) in [5, 5.41) is 5.51. The van der Waals surface area contributed by atoms with Gasteiger partial charge in [-0.3, -0.25) is 14.4 Å². The van der Waals surface area contributed by atoms with Gasteiger partial charge in [-0.1, -0.05) is 17.0 Å². The Morgan fingerprint density at radius 3 is 2.29 bits per heavy atom. The number of carbonyl (C=O) groups excluding carboxylic acids is 2. The summed E-state index contributed by atoms with van der Waals surface area (Å²) >= 11 is 0. The molecule has 1 aromatic heterocycles. The molecule has 3 N–H and O–H groups in total. The average molecular weight is 443 g/mol. The Bertz CT molecular complexity index is 1140. The van der Waals surface area contributed by atoms with Crippen LogP contribution in [0.25, 0.3) is 0 Å². The van der Waals surface area contributed by atoms with Crippen LogP contribution >= 0.6 is 0 Å². The first-order valence-electron chi connectivity index (χ1n) is 9.21. The van der Waals surface area contributed by atoms with Crippen LogP contribution < -0.4 is 15.5 Å². The Kier molecular flexibility index (Phi) is 7.19. The number of hydrogen-bond donors (Lipinski definition) is 3. The summed E-state index contributed by atoms with van der Waals surface area (Å²) in [6.45, 7) is 0.474. The molecule has 1 heterocycles. The van der Waals surface area contributed by atoms with Crippen LogP contribution in [0.5, 0.6) is 0 Å². The van der Waals surface area contributed by atoms with Crippen LogP contribution in [0.4, 0.5) is 0 Å². The molecule has 162 valence electrons. The molecule has 0 aliphatic rings. The van der Waals surface area contributed by atoms with E-state index in [4.69, 9.17) is 4.42 Å². The van der Waals surface area contributed by atoms with Gasteiger partial charge >= 0.3 is 0 Å². The van der Waals surface area contributed by atoms with Crippen LogP contribution in [0.15, 0.2) is 76.2 Å². The predicted molar refractivity (Wildman–Crippen MR) is 111 cm³/mol. The SMILES string of the molecule is CONS(=O)(=O)c1ccc(C(=O)NCc2cccc(C(=O)NCc3ccco3)c2)cc1. The van der Waals surface area contributed by atoms with E-state index in [0.717, 1.165) is 5.56 Å². The van der Waals surface area contributed by atoms with Crippen molar-refractivity contribution in [1.29, 1.82) is 0 Å². The summed E-state index contributed by atoms with van der Waals surface area (Å²) in [6.07, 6.45) is 1.54. The van der Waals surface area contributed by atoms with Crippen molar-refractivity contribution in [2.24, 2.45) is 0 Å². The second-order valence-corrected chi connectivity index (χ2v) is 8.11. The third-order valence-electron chi connectivity index (χ3n) is 4.27. The molecule has 9 nitrogen and oxygen atoms in total. The molecule has 0 aliphatic heterocycles. The highest BCUT2D eigenvalue weighted by molar-refractivity contribution is 7.89. The molecule has 2 amide bonds. The largest absolute Gasteiger partial charge is 0.467 e. The maximum Gasteiger partial charge on any atom is 0.262 e. The number of amides is 2. The topological polar surface area (TPSA) is 127 Å². The lowest BCUT2D eigenvalue weighted by Gasteiger charge is -2.09. The summed E-state index contributed by atoms with van der Waals surface area (Å²) in [4.78, 5) is 31.0. The summed E-state index contributed by atoms with van der Waals surface area (Å²) in [6, 6.07) is 15.8. The molecule has 0 bridgehead atoms. The number of furan rings is 1. The third kappa shape index (κ3) is 6.01.